The Morgan fingerprint density at radius 1 is 1.12 bits per heavy atom. The van der Waals surface area contributed by atoms with Crippen molar-refractivity contribution < 1.29 is 4.74 Å². The Bertz CT molecular complexity index is 1150. The van der Waals surface area contributed by atoms with Gasteiger partial charge in [-0.15, -0.1) is 0 Å². The molecule has 1 unspecified atom stereocenters. The molecule has 0 amide bonds. The number of rotatable bonds is 4. The van der Waals surface area contributed by atoms with E-state index < -0.39 is 0 Å². The molecular weight excluding hydrogens is 398 g/mol. The summed E-state index contributed by atoms with van der Waals surface area (Å²) in [6.07, 6.45) is 5.58. The Labute approximate surface area is 190 Å². The zero-order valence-electron chi connectivity index (χ0n) is 19.8. The van der Waals surface area contributed by atoms with Gasteiger partial charge in [0, 0.05) is 47.9 Å². The minimum Gasteiger partial charge on any atom is -0.380 e. The fourth-order valence-electron chi connectivity index (χ4n) is 5.73. The number of benzene rings is 1. The fourth-order valence-corrected chi connectivity index (χ4v) is 5.73. The number of hydrogen-bond acceptors (Lipinski definition) is 3. The second kappa shape index (κ2) is 8.53. The lowest BCUT2D eigenvalue weighted by Crippen LogP contribution is -2.41. The molecular formula is C27H35N3O2. The molecule has 1 aromatic carbocycles. The number of ether oxygens (including phenoxy) is 1. The Kier molecular flexibility index (Phi) is 5.72. The van der Waals surface area contributed by atoms with E-state index in [9.17, 15) is 4.79 Å². The quantitative estimate of drug-likeness (QED) is 0.634. The molecule has 3 aromatic rings. The van der Waals surface area contributed by atoms with Crippen LogP contribution in [0.1, 0.15) is 61.6 Å². The number of nitrogens with zero attached hydrogens (tertiary/aromatic N) is 2. The predicted molar refractivity (Wildman–Crippen MR) is 131 cm³/mol. The van der Waals surface area contributed by atoms with E-state index in [1.165, 1.54) is 54.4 Å². The van der Waals surface area contributed by atoms with Crippen LogP contribution in [-0.4, -0.2) is 46.8 Å². The van der Waals surface area contributed by atoms with Gasteiger partial charge >= 0.3 is 0 Å². The average molecular weight is 434 g/mol. The van der Waals surface area contributed by atoms with Gasteiger partial charge in [0.15, 0.2) is 0 Å². The highest BCUT2D eigenvalue weighted by molar-refractivity contribution is 5.92. The van der Waals surface area contributed by atoms with Gasteiger partial charge in [-0.3, -0.25) is 9.69 Å². The average Bonchev–Trinajstić information content (AvgIpc) is 3.45. The highest BCUT2D eigenvalue weighted by atomic mass is 16.5. The molecule has 0 radical (unpaired) electrons. The van der Waals surface area contributed by atoms with Crippen molar-refractivity contribution in [2.75, 3.05) is 26.3 Å². The number of H-pyrrole nitrogens is 1. The molecule has 0 saturated carbocycles. The van der Waals surface area contributed by atoms with Crippen LogP contribution in [0.5, 0.6) is 0 Å². The Morgan fingerprint density at radius 2 is 1.91 bits per heavy atom. The zero-order valence-corrected chi connectivity index (χ0v) is 19.8. The van der Waals surface area contributed by atoms with Crippen LogP contribution >= 0.6 is 0 Å². The van der Waals surface area contributed by atoms with Gasteiger partial charge in [-0.2, -0.15) is 0 Å². The van der Waals surface area contributed by atoms with Crippen LogP contribution in [-0.2, 0) is 11.8 Å². The number of hydrogen-bond donors (Lipinski definition) is 1. The third-order valence-electron chi connectivity index (χ3n) is 7.51. The molecule has 2 aliphatic heterocycles. The van der Waals surface area contributed by atoms with Crippen molar-refractivity contribution in [1.29, 1.82) is 0 Å². The Morgan fingerprint density at radius 3 is 2.56 bits per heavy atom. The highest BCUT2D eigenvalue weighted by Crippen LogP contribution is 2.38. The van der Waals surface area contributed by atoms with Gasteiger partial charge in [0.2, 0.25) is 0 Å². The molecule has 4 heterocycles. The first-order valence-electron chi connectivity index (χ1n) is 12.1. The number of aromatic amines is 1. The standard InChI is InChI=1S/C27H35N3O2/c1-17(2)25-23-14-20(19-7-10-30(11-8-19)22-9-12-32-16-22)5-6-24(23)28-26(25)21-13-18(3)27(31)29(4)15-21/h5-6,13-15,17,19,22,28H,7-12,16H2,1-4H3. The molecule has 0 bridgehead atoms. The maximum absolute atomic E-state index is 12.2. The third kappa shape index (κ3) is 3.82. The van der Waals surface area contributed by atoms with E-state index >= 15 is 0 Å². The molecule has 0 aliphatic carbocycles. The molecule has 5 rings (SSSR count). The van der Waals surface area contributed by atoms with Gasteiger partial charge < -0.3 is 14.3 Å². The van der Waals surface area contributed by atoms with Gasteiger partial charge in [0.25, 0.3) is 5.56 Å². The molecule has 2 fully saturated rings. The maximum atomic E-state index is 12.2. The van der Waals surface area contributed by atoms with Gasteiger partial charge in [-0.25, -0.2) is 0 Å². The van der Waals surface area contributed by atoms with Crippen molar-refractivity contribution in [2.45, 2.75) is 57.9 Å². The minimum absolute atomic E-state index is 0.0637. The summed E-state index contributed by atoms with van der Waals surface area (Å²) in [6.45, 7) is 10.6. The normalized spacial score (nSPS) is 20.6. The van der Waals surface area contributed by atoms with E-state index in [0.29, 0.717) is 17.9 Å². The summed E-state index contributed by atoms with van der Waals surface area (Å²) in [5.41, 5.74) is 7.05. The largest absolute Gasteiger partial charge is 0.380 e. The van der Waals surface area contributed by atoms with Gasteiger partial charge in [-0.1, -0.05) is 19.9 Å². The molecule has 1 atom stereocenters. The molecule has 32 heavy (non-hydrogen) atoms. The number of aromatic nitrogens is 2. The first kappa shape index (κ1) is 21.5. The first-order valence-corrected chi connectivity index (χ1v) is 12.1. The van der Waals surface area contributed by atoms with Crippen LogP contribution in [0.3, 0.4) is 0 Å². The number of likely N-dealkylation sites (tertiary alicyclic amines) is 1. The van der Waals surface area contributed by atoms with E-state index in [2.05, 4.69) is 41.9 Å². The molecule has 170 valence electrons. The lowest BCUT2D eigenvalue weighted by Gasteiger charge is -2.35. The van der Waals surface area contributed by atoms with Crippen LogP contribution in [0.15, 0.2) is 35.3 Å². The van der Waals surface area contributed by atoms with E-state index in [-0.39, 0.29) is 5.56 Å². The van der Waals surface area contributed by atoms with E-state index in [1.54, 1.807) is 4.57 Å². The minimum atomic E-state index is 0.0637. The number of pyridine rings is 1. The van der Waals surface area contributed by atoms with Crippen LogP contribution in [0.25, 0.3) is 22.2 Å². The zero-order chi connectivity index (χ0) is 22.4. The molecule has 5 nitrogen and oxygen atoms in total. The molecule has 5 heteroatoms. The summed E-state index contributed by atoms with van der Waals surface area (Å²) in [5, 5.41) is 1.32. The SMILES string of the molecule is Cc1cc(-c2[nH]c3ccc(C4CCN(C5CCOC5)CC4)cc3c2C(C)C)cn(C)c1=O. The smallest absolute Gasteiger partial charge is 0.253 e. The Hall–Kier alpha value is -2.37. The number of piperidine rings is 1. The summed E-state index contributed by atoms with van der Waals surface area (Å²) in [7, 11) is 1.83. The van der Waals surface area contributed by atoms with Crippen molar-refractivity contribution in [2.24, 2.45) is 7.05 Å². The maximum Gasteiger partial charge on any atom is 0.253 e. The number of nitrogens with one attached hydrogen (secondary N) is 1. The van der Waals surface area contributed by atoms with Crippen molar-refractivity contribution in [1.82, 2.24) is 14.5 Å². The van der Waals surface area contributed by atoms with Crippen molar-refractivity contribution >= 4 is 10.9 Å². The second-order valence-electron chi connectivity index (χ2n) is 10.0. The van der Waals surface area contributed by atoms with E-state index in [4.69, 9.17) is 4.74 Å². The summed E-state index contributed by atoms with van der Waals surface area (Å²) in [5.74, 6) is 1.01. The molecule has 2 saturated heterocycles. The first-order chi connectivity index (χ1) is 15.4. The van der Waals surface area contributed by atoms with Gasteiger partial charge in [0.1, 0.15) is 0 Å². The van der Waals surface area contributed by atoms with Gasteiger partial charge in [0.05, 0.1) is 12.3 Å². The summed E-state index contributed by atoms with van der Waals surface area (Å²) >= 11 is 0. The van der Waals surface area contributed by atoms with E-state index in [0.717, 1.165) is 30.0 Å². The molecule has 1 N–H and O–H groups in total. The fraction of sp³-hybridized carbons (Fsp3) is 0.519. The number of fused-ring (bicyclic) bond motifs is 1. The highest BCUT2D eigenvalue weighted by Gasteiger charge is 2.28. The molecule has 0 spiro atoms. The lowest BCUT2D eigenvalue weighted by molar-refractivity contribution is 0.122. The molecule has 2 aliphatic rings. The predicted octanol–water partition coefficient (Wildman–Crippen LogP) is 4.93. The van der Waals surface area contributed by atoms with E-state index in [1.807, 2.05) is 26.2 Å². The summed E-state index contributed by atoms with van der Waals surface area (Å²) in [4.78, 5) is 18.5. The lowest BCUT2D eigenvalue weighted by atomic mass is 9.87. The van der Waals surface area contributed by atoms with Crippen LogP contribution in [0.2, 0.25) is 0 Å². The number of aryl methyl sites for hydroxylation is 2. The van der Waals surface area contributed by atoms with Crippen molar-refractivity contribution in [3.8, 4) is 11.3 Å². The van der Waals surface area contributed by atoms with Crippen molar-refractivity contribution in [3.05, 3.63) is 57.5 Å². The van der Waals surface area contributed by atoms with Crippen LogP contribution in [0.4, 0.5) is 0 Å². The summed E-state index contributed by atoms with van der Waals surface area (Å²) in [6, 6.07) is 9.65. The van der Waals surface area contributed by atoms with Crippen molar-refractivity contribution in [3.63, 3.8) is 0 Å². The third-order valence-corrected chi connectivity index (χ3v) is 7.51. The monoisotopic (exact) mass is 433 g/mol. The van der Waals surface area contributed by atoms with Gasteiger partial charge in [-0.05, 0) is 80.4 Å². The topological polar surface area (TPSA) is 50.3 Å². The van der Waals surface area contributed by atoms with Crippen LogP contribution in [0, 0.1) is 6.92 Å². The second-order valence-corrected chi connectivity index (χ2v) is 10.0. The van der Waals surface area contributed by atoms with Crippen LogP contribution < -0.4 is 5.56 Å². The summed E-state index contributed by atoms with van der Waals surface area (Å²) < 4.78 is 7.29. The molecule has 2 aromatic heterocycles. The Balaban J connectivity index is 1.48.